The molecule has 21 heavy (non-hydrogen) atoms. The second kappa shape index (κ2) is 6.64. The van der Waals surface area contributed by atoms with Crippen LogP contribution in [0.15, 0.2) is 22.6 Å². The molecule has 1 aromatic carbocycles. The number of aryl methyl sites for hydroxylation is 1. The molecule has 8 heteroatoms. The number of carbonyl (C=O) groups excluding carboxylic acids is 1. The van der Waals surface area contributed by atoms with Gasteiger partial charge in [-0.3, -0.25) is 9.69 Å². The number of aromatic nitrogens is 2. The Balaban J connectivity index is 1.89. The van der Waals surface area contributed by atoms with E-state index in [0.29, 0.717) is 18.3 Å². The fourth-order valence-electron chi connectivity index (χ4n) is 1.71. The maximum absolute atomic E-state index is 13.6. The average Bonchev–Trinajstić information content (AvgIpc) is 2.78. The predicted molar refractivity (Wildman–Crippen MR) is 75.4 cm³/mol. The lowest BCUT2D eigenvalue weighted by atomic mass is 10.3. The van der Waals surface area contributed by atoms with Gasteiger partial charge in [0.25, 0.3) is 0 Å². The normalized spacial score (nSPS) is 10.9. The molecule has 2 aromatic rings. The van der Waals surface area contributed by atoms with E-state index in [9.17, 15) is 9.18 Å². The summed E-state index contributed by atoms with van der Waals surface area (Å²) in [6.07, 6.45) is 0. The van der Waals surface area contributed by atoms with E-state index >= 15 is 0 Å². The molecule has 1 heterocycles. The summed E-state index contributed by atoms with van der Waals surface area (Å²) < 4.78 is 18.8. The Morgan fingerprint density at radius 1 is 1.48 bits per heavy atom. The minimum atomic E-state index is -0.578. The lowest BCUT2D eigenvalue weighted by Gasteiger charge is -2.14. The Morgan fingerprint density at radius 3 is 2.86 bits per heavy atom. The van der Waals surface area contributed by atoms with Crippen molar-refractivity contribution in [3.8, 4) is 0 Å². The fraction of sp³-hybridized carbons (Fsp3) is 0.308. The van der Waals surface area contributed by atoms with Crippen LogP contribution in [0.1, 0.15) is 11.8 Å². The maximum atomic E-state index is 13.6. The summed E-state index contributed by atoms with van der Waals surface area (Å²) in [5.74, 6) is -0.0486. The Labute approximate surface area is 125 Å². The Bertz CT molecular complexity index is 647. The second-order valence-electron chi connectivity index (χ2n) is 4.56. The van der Waals surface area contributed by atoms with E-state index in [1.54, 1.807) is 18.9 Å². The van der Waals surface area contributed by atoms with Crippen molar-refractivity contribution in [3.63, 3.8) is 0 Å². The van der Waals surface area contributed by atoms with Gasteiger partial charge >= 0.3 is 0 Å². The molecule has 1 amide bonds. The van der Waals surface area contributed by atoms with Crippen LogP contribution in [0, 0.1) is 12.7 Å². The van der Waals surface area contributed by atoms with Gasteiger partial charge in [0.05, 0.1) is 18.8 Å². The minimum Gasteiger partial charge on any atom is -0.424 e. The number of rotatable bonds is 5. The van der Waals surface area contributed by atoms with Gasteiger partial charge in [-0.1, -0.05) is 11.6 Å². The van der Waals surface area contributed by atoms with Crippen LogP contribution in [0.5, 0.6) is 0 Å². The van der Waals surface area contributed by atoms with Crippen molar-refractivity contribution < 1.29 is 13.6 Å². The third kappa shape index (κ3) is 4.51. The molecule has 0 radical (unpaired) electrons. The number of amides is 1. The number of likely N-dealkylation sites (N-methyl/N-ethyl adjacent to an activating group) is 1. The summed E-state index contributed by atoms with van der Waals surface area (Å²) in [6.45, 7) is 2.08. The van der Waals surface area contributed by atoms with E-state index in [0.717, 1.165) is 6.07 Å². The van der Waals surface area contributed by atoms with Crippen LogP contribution >= 0.6 is 11.6 Å². The second-order valence-corrected chi connectivity index (χ2v) is 5.00. The third-order valence-electron chi connectivity index (χ3n) is 2.59. The van der Waals surface area contributed by atoms with Gasteiger partial charge in [-0.15, -0.1) is 10.2 Å². The number of hydrogen-bond donors (Lipinski definition) is 1. The Kier molecular flexibility index (Phi) is 4.87. The molecule has 112 valence electrons. The highest BCUT2D eigenvalue weighted by Gasteiger charge is 2.12. The molecule has 0 saturated heterocycles. The molecule has 0 aliphatic carbocycles. The van der Waals surface area contributed by atoms with Crippen LogP contribution in [-0.4, -0.2) is 34.6 Å². The lowest BCUT2D eigenvalue weighted by molar-refractivity contribution is -0.117. The van der Waals surface area contributed by atoms with Gasteiger partial charge in [-0.2, -0.15) is 0 Å². The van der Waals surface area contributed by atoms with Gasteiger partial charge in [-0.25, -0.2) is 4.39 Å². The van der Waals surface area contributed by atoms with Crippen LogP contribution in [-0.2, 0) is 11.3 Å². The largest absolute Gasteiger partial charge is 0.424 e. The topological polar surface area (TPSA) is 71.3 Å². The zero-order valence-electron chi connectivity index (χ0n) is 11.6. The molecule has 1 N–H and O–H groups in total. The standard InChI is InChI=1S/C13H14ClFN4O2/c1-8-17-18-13(21-8)7-19(2)6-12(20)16-11-4-3-9(14)5-10(11)15/h3-5H,6-7H2,1-2H3,(H,16,20). The first-order valence-electron chi connectivity index (χ1n) is 6.16. The van der Waals surface area contributed by atoms with E-state index in [2.05, 4.69) is 15.5 Å². The van der Waals surface area contributed by atoms with E-state index in [4.69, 9.17) is 16.0 Å². The molecule has 0 atom stereocenters. The highest BCUT2D eigenvalue weighted by Crippen LogP contribution is 2.18. The summed E-state index contributed by atoms with van der Waals surface area (Å²) in [6, 6.07) is 4.06. The number of hydrogen-bond acceptors (Lipinski definition) is 5. The van der Waals surface area contributed by atoms with Gasteiger partial charge in [0.2, 0.25) is 17.7 Å². The van der Waals surface area contributed by atoms with Gasteiger partial charge in [-0.05, 0) is 25.2 Å². The molecule has 0 saturated carbocycles. The SMILES string of the molecule is Cc1nnc(CN(C)CC(=O)Nc2ccc(Cl)cc2F)o1. The van der Waals surface area contributed by atoms with Crippen molar-refractivity contribution in [2.45, 2.75) is 13.5 Å². The average molecular weight is 313 g/mol. The van der Waals surface area contributed by atoms with Crippen molar-refractivity contribution in [2.75, 3.05) is 18.9 Å². The first-order valence-corrected chi connectivity index (χ1v) is 6.54. The van der Waals surface area contributed by atoms with Gasteiger partial charge in [0.15, 0.2) is 0 Å². The first-order chi connectivity index (χ1) is 9.94. The highest BCUT2D eigenvalue weighted by atomic mass is 35.5. The molecule has 6 nitrogen and oxygen atoms in total. The molecule has 2 rings (SSSR count). The number of benzene rings is 1. The number of nitrogens with zero attached hydrogens (tertiary/aromatic N) is 3. The van der Waals surface area contributed by atoms with E-state index in [-0.39, 0.29) is 23.2 Å². The minimum absolute atomic E-state index is 0.0590. The van der Waals surface area contributed by atoms with Crippen molar-refractivity contribution in [2.24, 2.45) is 0 Å². The Hall–Kier alpha value is -1.99. The maximum Gasteiger partial charge on any atom is 0.238 e. The van der Waals surface area contributed by atoms with Crippen molar-refractivity contribution in [1.82, 2.24) is 15.1 Å². The first kappa shape index (κ1) is 15.4. The molecule has 0 bridgehead atoms. The quantitative estimate of drug-likeness (QED) is 0.916. The van der Waals surface area contributed by atoms with Gasteiger partial charge in [0, 0.05) is 11.9 Å². The summed E-state index contributed by atoms with van der Waals surface area (Å²) in [5, 5.41) is 10.3. The number of anilines is 1. The molecule has 0 spiro atoms. The van der Waals surface area contributed by atoms with E-state index in [1.807, 2.05) is 0 Å². The lowest BCUT2D eigenvalue weighted by Crippen LogP contribution is -2.30. The van der Waals surface area contributed by atoms with Crippen LogP contribution < -0.4 is 5.32 Å². The number of carbonyl (C=O) groups is 1. The van der Waals surface area contributed by atoms with Crippen LogP contribution in [0.25, 0.3) is 0 Å². The van der Waals surface area contributed by atoms with Crippen molar-refractivity contribution in [3.05, 3.63) is 40.8 Å². The summed E-state index contributed by atoms with van der Waals surface area (Å²) in [4.78, 5) is 13.5. The molecule has 0 fully saturated rings. The molecular weight excluding hydrogens is 299 g/mol. The zero-order valence-corrected chi connectivity index (χ0v) is 12.3. The fourth-order valence-corrected chi connectivity index (χ4v) is 1.87. The molecule has 0 aliphatic heterocycles. The predicted octanol–water partition coefficient (Wildman–Crippen LogP) is 2.24. The van der Waals surface area contributed by atoms with E-state index < -0.39 is 5.82 Å². The summed E-state index contributed by atoms with van der Waals surface area (Å²) in [5.41, 5.74) is 0.0893. The van der Waals surface area contributed by atoms with Gasteiger partial charge < -0.3 is 9.73 Å². The van der Waals surface area contributed by atoms with Crippen LogP contribution in [0.4, 0.5) is 10.1 Å². The monoisotopic (exact) mass is 312 g/mol. The van der Waals surface area contributed by atoms with Gasteiger partial charge in [0.1, 0.15) is 5.82 Å². The zero-order chi connectivity index (χ0) is 15.4. The summed E-state index contributed by atoms with van der Waals surface area (Å²) >= 11 is 5.65. The van der Waals surface area contributed by atoms with E-state index in [1.165, 1.54) is 12.1 Å². The Morgan fingerprint density at radius 2 is 2.24 bits per heavy atom. The highest BCUT2D eigenvalue weighted by molar-refractivity contribution is 6.30. The summed E-state index contributed by atoms with van der Waals surface area (Å²) in [7, 11) is 1.72. The number of nitrogens with one attached hydrogen (secondary N) is 1. The van der Waals surface area contributed by atoms with Crippen molar-refractivity contribution >= 4 is 23.2 Å². The molecule has 0 unspecified atom stereocenters. The van der Waals surface area contributed by atoms with Crippen LogP contribution in [0.2, 0.25) is 5.02 Å². The van der Waals surface area contributed by atoms with Crippen molar-refractivity contribution in [1.29, 1.82) is 0 Å². The molecular formula is C13H14ClFN4O2. The third-order valence-corrected chi connectivity index (χ3v) is 2.83. The smallest absolute Gasteiger partial charge is 0.238 e. The van der Waals surface area contributed by atoms with Crippen LogP contribution in [0.3, 0.4) is 0 Å². The molecule has 0 aliphatic rings. The number of halogens is 2. The molecule has 1 aromatic heterocycles.